The van der Waals surface area contributed by atoms with E-state index in [0.717, 1.165) is 18.9 Å². The molecule has 1 aromatic carbocycles. The first-order valence-corrected chi connectivity index (χ1v) is 6.12. The Labute approximate surface area is 115 Å². The number of hydrogen-bond donors (Lipinski definition) is 1. The van der Waals surface area contributed by atoms with E-state index in [1.54, 1.807) is 6.21 Å². The number of nitrogens with zero attached hydrogens (tertiary/aromatic N) is 3. The predicted molar refractivity (Wildman–Crippen MR) is 75.9 cm³/mol. The molecule has 0 spiro atoms. The third-order valence-electron chi connectivity index (χ3n) is 2.54. The van der Waals surface area contributed by atoms with Gasteiger partial charge in [0.05, 0.1) is 15.9 Å². The number of hydrogen-bond acceptors (Lipinski definition) is 6. The number of nitro benzene ring substituents is 2. The SMILES string of the molecule is CC(C)CCC=NNc1ccc([N+](=O)[O-])cc1[N+](=O)[O-]. The largest absolute Gasteiger partial charge is 0.301 e. The molecule has 1 aromatic rings. The Morgan fingerprint density at radius 2 is 2.00 bits per heavy atom. The zero-order chi connectivity index (χ0) is 15.1. The molecule has 0 aliphatic rings. The molecule has 0 amide bonds. The average Bonchev–Trinajstić information content (AvgIpc) is 2.37. The highest BCUT2D eigenvalue weighted by molar-refractivity contribution is 5.67. The zero-order valence-electron chi connectivity index (χ0n) is 11.3. The molecule has 8 heteroatoms. The van der Waals surface area contributed by atoms with Crippen LogP contribution >= 0.6 is 0 Å². The lowest BCUT2D eigenvalue weighted by molar-refractivity contribution is -0.393. The van der Waals surface area contributed by atoms with Crippen LogP contribution in [-0.2, 0) is 0 Å². The summed E-state index contributed by atoms with van der Waals surface area (Å²) in [5.41, 5.74) is 1.96. The van der Waals surface area contributed by atoms with E-state index in [9.17, 15) is 20.2 Å². The lowest BCUT2D eigenvalue weighted by Gasteiger charge is -2.02. The van der Waals surface area contributed by atoms with Crippen LogP contribution in [0.2, 0.25) is 0 Å². The fourth-order valence-corrected chi connectivity index (χ4v) is 1.47. The summed E-state index contributed by atoms with van der Waals surface area (Å²) >= 11 is 0. The second-order valence-electron chi connectivity index (χ2n) is 4.61. The fraction of sp³-hybridized carbons (Fsp3) is 0.417. The molecule has 0 aromatic heterocycles. The van der Waals surface area contributed by atoms with E-state index in [1.807, 2.05) is 0 Å². The molecule has 8 nitrogen and oxygen atoms in total. The Morgan fingerprint density at radius 3 is 2.55 bits per heavy atom. The van der Waals surface area contributed by atoms with Gasteiger partial charge >= 0.3 is 5.69 Å². The van der Waals surface area contributed by atoms with Crippen molar-refractivity contribution < 1.29 is 9.85 Å². The lowest BCUT2D eigenvalue weighted by atomic mass is 10.1. The third-order valence-corrected chi connectivity index (χ3v) is 2.54. The summed E-state index contributed by atoms with van der Waals surface area (Å²) in [5.74, 6) is 0.551. The van der Waals surface area contributed by atoms with Crippen LogP contribution in [0.4, 0.5) is 17.1 Å². The van der Waals surface area contributed by atoms with Crippen molar-refractivity contribution in [2.24, 2.45) is 11.0 Å². The van der Waals surface area contributed by atoms with Gasteiger partial charge in [-0.05, 0) is 24.8 Å². The van der Waals surface area contributed by atoms with Gasteiger partial charge in [-0.1, -0.05) is 13.8 Å². The first-order chi connectivity index (χ1) is 9.41. The first-order valence-electron chi connectivity index (χ1n) is 6.12. The van der Waals surface area contributed by atoms with Crippen LogP contribution in [0.15, 0.2) is 23.3 Å². The molecule has 0 saturated heterocycles. The van der Waals surface area contributed by atoms with Crippen molar-refractivity contribution >= 4 is 23.3 Å². The Bertz CT molecular complexity index is 528. The summed E-state index contributed by atoms with van der Waals surface area (Å²) in [7, 11) is 0. The Kier molecular flexibility index (Phi) is 5.57. The number of rotatable bonds is 7. The van der Waals surface area contributed by atoms with Crippen LogP contribution in [0, 0.1) is 26.1 Å². The molecule has 0 heterocycles. The predicted octanol–water partition coefficient (Wildman–Crippen LogP) is 3.34. The minimum Gasteiger partial charge on any atom is -0.272 e. The monoisotopic (exact) mass is 280 g/mol. The maximum Gasteiger partial charge on any atom is 0.301 e. The normalized spacial score (nSPS) is 10.9. The van der Waals surface area contributed by atoms with Gasteiger partial charge in [0.1, 0.15) is 5.69 Å². The molecule has 1 N–H and O–H groups in total. The van der Waals surface area contributed by atoms with Crippen LogP contribution in [0.5, 0.6) is 0 Å². The maximum atomic E-state index is 10.9. The third kappa shape index (κ3) is 4.63. The van der Waals surface area contributed by atoms with E-state index in [1.165, 1.54) is 12.1 Å². The van der Waals surface area contributed by atoms with E-state index in [2.05, 4.69) is 24.4 Å². The summed E-state index contributed by atoms with van der Waals surface area (Å²) < 4.78 is 0. The Hall–Kier alpha value is -2.51. The van der Waals surface area contributed by atoms with E-state index in [4.69, 9.17) is 0 Å². The van der Waals surface area contributed by atoms with Gasteiger partial charge in [-0.15, -0.1) is 0 Å². The van der Waals surface area contributed by atoms with Gasteiger partial charge < -0.3 is 0 Å². The number of nitrogens with one attached hydrogen (secondary N) is 1. The van der Waals surface area contributed by atoms with Gasteiger partial charge in [0.25, 0.3) is 5.69 Å². The van der Waals surface area contributed by atoms with Crippen molar-refractivity contribution in [2.75, 3.05) is 5.43 Å². The molecular formula is C12H16N4O4. The summed E-state index contributed by atoms with van der Waals surface area (Å²) in [6, 6.07) is 3.38. The highest BCUT2D eigenvalue weighted by Gasteiger charge is 2.18. The fourth-order valence-electron chi connectivity index (χ4n) is 1.47. The van der Waals surface area contributed by atoms with Gasteiger partial charge in [-0.25, -0.2) is 0 Å². The Morgan fingerprint density at radius 1 is 1.30 bits per heavy atom. The molecule has 0 fully saturated rings. The van der Waals surface area contributed by atoms with E-state index >= 15 is 0 Å². The van der Waals surface area contributed by atoms with Gasteiger partial charge in [-0.3, -0.25) is 25.7 Å². The van der Waals surface area contributed by atoms with Crippen molar-refractivity contribution in [3.8, 4) is 0 Å². The van der Waals surface area contributed by atoms with Crippen LogP contribution in [-0.4, -0.2) is 16.1 Å². The molecular weight excluding hydrogens is 264 g/mol. The summed E-state index contributed by atoms with van der Waals surface area (Å²) in [4.78, 5) is 20.1. The quantitative estimate of drug-likeness (QED) is 0.467. The molecule has 0 unspecified atom stereocenters. The Balaban J connectivity index is 2.79. The molecule has 108 valence electrons. The maximum absolute atomic E-state index is 10.9. The summed E-state index contributed by atoms with van der Waals surface area (Å²) in [6.07, 6.45) is 3.35. The first kappa shape index (κ1) is 15.5. The minimum atomic E-state index is -0.682. The topological polar surface area (TPSA) is 111 Å². The number of hydrazone groups is 1. The average molecular weight is 280 g/mol. The zero-order valence-corrected chi connectivity index (χ0v) is 11.3. The van der Waals surface area contributed by atoms with Crippen molar-refractivity contribution in [2.45, 2.75) is 26.7 Å². The number of anilines is 1. The lowest BCUT2D eigenvalue weighted by Crippen LogP contribution is -1.98. The van der Waals surface area contributed by atoms with Crippen LogP contribution < -0.4 is 5.43 Å². The van der Waals surface area contributed by atoms with Crippen LogP contribution in [0.25, 0.3) is 0 Å². The molecule has 0 saturated carbocycles. The number of non-ortho nitro benzene ring substituents is 1. The molecule has 0 radical (unpaired) electrons. The van der Waals surface area contributed by atoms with Crippen molar-refractivity contribution in [1.29, 1.82) is 0 Å². The van der Waals surface area contributed by atoms with E-state index < -0.39 is 9.85 Å². The molecule has 0 aliphatic carbocycles. The summed E-state index contributed by atoms with van der Waals surface area (Å²) in [5, 5.41) is 25.3. The van der Waals surface area contributed by atoms with Gasteiger partial charge in [0.2, 0.25) is 0 Å². The molecule has 0 bridgehead atoms. The second-order valence-corrected chi connectivity index (χ2v) is 4.61. The molecule has 20 heavy (non-hydrogen) atoms. The van der Waals surface area contributed by atoms with E-state index in [-0.39, 0.29) is 17.1 Å². The van der Waals surface area contributed by atoms with Gasteiger partial charge in [-0.2, -0.15) is 5.10 Å². The summed E-state index contributed by atoms with van der Waals surface area (Å²) in [6.45, 7) is 4.17. The van der Waals surface area contributed by atoms with Crippen LogP contribution in [0.1, 0.15) is 26.7 Å². The molecule has 0 aliphatic heterocycles. The number of benzene rings is 1. The standard InChI is InChI=1S/C12H16N4O4/c1-9(2)4-3-7-13-14-11-6-5-10(15(17)18)8-12(11)16(19)20/h5-9,14H,3-4H2,1-2H3. The highest BCUT2D eigenvalue weighted by atomic mass is 16.6. The second kappa shape index (κ2) is 7.17. The van der Waals surface area contributed by atoms with E-state index in [0.29, 0.717) is 5.92 Å². The number of nitro groups is 2. The molecule has 1 rings (SSSR count). The smallest absolute Gasteiger partial charge is 0.272 e. The minimum absolute atomic E-state index is 0.126. The molecule has 0 atom stereocenters. The highest BCUT2D eigenvalue weighted by Crippen LogP contribution is 2.28. The van der Waals surface area contributed by atoms with Gasteiger partial charge in [0.15, 0.2) is 0 Å². The van der Waals surface area contributed by atoms with Crippen molar-refractivity contribution in [3.05, 3.63) is 38.4 Å². The van der Waals surface area contributed by atoms with Gasteiger partial charge in [0, 0.05) is 12.3 Å². The van der Waals surface area contributed by atoms with Crippen molar-refractivity contribution in [3.63, 3.8) is 0 Å². The van der Waals surface area contributed by atoms with Crippen molar-refractivity contribution in [1.82, 2.24) is 0 Å². The van der Waals surface area contributed by atoms with Crippen LogP contribution in [0.3, 0.4) is 0 Å².